The molecule has 2 rings (SSSR count). The molecule has 0 heterocycles. The van der Waals surface area contributed by atoms with Crippen LogP contribution in [0.5, 0.6) is 0 Å². The van der Waals surface area contributed by atoms with Gasteiger partial charge in [0.25, 0.3) is 5.91 Å². The molecule has 26 heavy (non-hydrogen) atoms. The first-order chi connectivity index (χ1) is 12.5. The van der Waals surface area contributed by atoms with E-state index in [9.17, 15) is 9.59 Å². The Morgan fingerprint density at radius 3 is 2.54 bits per heavy atom. The van der Waals surface area contributed by atoms with E-state index < -0.39 is 0 Å². The average Bonchev–Trinajstić information content (AvgIpc) is 2.62. The zero-order valence-electron chi connectivity index (χ0n) is 15.6. The van der Waals surface area contributed by atoms with E-state index in [1.165, 1.54) is 5.56 Å². The van der Waals surface area contributed by atoms with Crippen LogP contribution >= 0.6 is 0 Å². The number of aryl methyl sites for hydroxylation is 2. The molecule has 138 valence electrons. The summed E-state index contributed by atoms with van der Waals surface area (Å²) in [7, 11) is 1.63. The number of rotatable bonds is 8. The maximum absolute atomic E-state index is 12.4. The van der Waals surface area contributed by atoms with Crippen LogP contribution < -0.4 is 10.6 Å². The number of hydrogen-bond acceptors (Lipinski definition) is 3. The average molecular weight is 354 g/mol. The monoisotopic (exact) mass is 354 g/mol. The Balaban J connectivity index is 2.01. The van der Waals surface area contributed by atoms with E-state index in [2.05, 4.69) is 10.6 Å². The van der Waals surface area contributed by atoms with Crippen molar-refractivity contribution in [3.8, 4) is 0 Å². The maximum atomic E-state index is 12.4. The first-order valence-corrected chi connectivity index (χ1v) is 8.73. The number of benzene rings is 2. The topological polar surface area (TPSA) is 67.4 Å². The number of hydrogen-bond donors (Lipinski definition) is 2. The van der Waals surface area contributed by atoms with Gasteiger partial charge < -0.3 is 15.4 Å². The highest BCUT2D eigenvalue weighted by atomic mass is 16.5. The van der Waals surface area contributed by atoms with Gasteiger partial charge in [-0.25, -0.2) is 0 Å². The minimum atomic E-state index is -0.205. The lowest BCUT2D eigenvalue weighted by Crippen LogP contribution is -2.27. The maximum Gasteiger partial charge on any atom is 0.253 e. The predicted octanol–water partition coefficient (Wildman–Crippen LogP) is 3.25. The summed E-state index contributed by atoms with van der Waals surface area (Å²) in [4.78, 5) is 24.7. The third-order valence-electron chi connectivity index (χ3n) is 4.19. The lowest BCUT2D eigenvalue weighted by Gasteiger charge is -2.12. The van der Waals surface area contributed by atoms with E-state index in [-0.39, 0.29) is 18.2 Å². The van der Waals surface area contributed by atoms with E-state index >= 15 is 0 Å². The SMILES string of the molecule is COCCCNC(=O)c1ccccc1NC(=O)Cc1ccc(C)c(C)c1. The van der Waals surface area contributed by atoms with Gasteiger partial charge in [-0.3, -0.25) is 9.59 Å². The lowest BCUT2D eigenvalue weighted by molar-refractivity contribution is -0.115. The molecule has 2 N–H and O–H groups in total. The van der Waals surface area contributed by atoms with E-state index in [0.29, 0.717) is 24.4 Å². The van der Waals surface area contributed by atoms with Gasteiger partial charge in [0.15, 0.2) is 0 Å². The van der Waals surface area contributed by atoms with Crippen molar-refractivity contribution in [3.63, 3.8) is 0 Å². The number of nitrogens with one attached hydrogen (secondary N) is 2. The van der Waals surface area contributed by atoms with Crippen LogP contribution in [0.2, 0.25) is 0 Å². The molecular formula is C21H26N2O3. The molecule has 0 aromatic heterocycles. The van der Waals surface area contributed by atoms with Gasteiger partial charge in [0, 0.05) is 20.3 Å². The Labute approximate surface area is 154 Å². The summed E-state index contributed by atoms with van der Waals surface area (Å²) in [6.07, 6.45) is 1.01. The molecule has 0 bridgehead atoms. The first kappa shape index (κ1) is 19.7. The quantitative estimate of drug-likeness (QED) is 0.715. The molecule has 0 spiro atoms. The number of amides is 2. The van der Waals surface area contributed by atoms with Crippen LogP contribution in [-0.4, -0.2) is 32.1 Å². The molecule has 0 radical (unpaired) electrons. The molecule has 0 fully saturated rings. The molecule has 2 aromatic rings. The highest BCUT2D eigenvalue weighted by Gasteiger charge is 2.13. The number of methoxy groups -OCH3 is 1. The van der Waals surface area contributed by atoms with Crippen LogP contribution in [0.1, 0.15) is 33.5 Å². The van der Waals surface area contributed by atoms with Crippen molar-refractivity contribution < 1.29 is 14.3 Å². The van der Waals surface area contributed by atoms with Crippen molar-refractivity contribution in [1.29, 1.82) is 0 Å². The molecule has 0 aliphatic heterocycles. The summed E-state index contributed by atoms with van der Waals surface area (Å²) in [6, 6.07) is 13.0. The van der Waals surface area contributed by atoms with Crippen molar-refractivity contribution >= 4 is 17.5 Å². The molecule has 0 saturated heterocycles. The van der Waals surface area contributed by atoms with Gasteiger partial charge in [-0.05, 0) is 49.1 Å². The van der Waals surface area contributed by atoms with Gasteiger partial charge in [0.1, 0.15) is 0 Å². The molecule has 2 aromatic carbocycles. The lowest BCUT2D eigenvalue weighted by atomic mass is 10.0. The van der Waals surface area contributed by atoms with Gasteiger partial charge in [-0.15, -0.1) is 0 Å². The third-order valence-corrected chi connectivity index (χ3v) is 4.19. The Bertz CT molecular complexity index is 772. The summed E-state index contributed by atoms with van der Waals surface area (Å²) >= 11 is 0. The van der Waals surface area contributed by atoms with Crippen molar-refractivity contribution in [3.05, 3.63) is 64.7 Å². The Morgan fingerprint density at radius 1 is 1.04 bits per heavy atom. The van der Waals surface area contributed by atoms with E-state index in [0.717, 1.165) is 17.5 Å². The molecule has 0 aliphatic carbocycles. The Kier molecular flexibility index (Phi) is 7.36. The van der Waals surface area contributed by atoms with Gasteiger partial charge in [-0.1, -0.05) is 30.3 Å². The number of carbonyl (C=O) groups excluding carboxylic acids is 2. The molecular weight excluding hydrogens is 328 g/mol. The first-order valence-electron chi connectivity index (χ1n) is 8.73. The number of anilines is 1. The molecule has 0 aliphatic rings. The summed E-state index contributed by atoms with van der Waals surface area (Å²) in [5.41, 5.74) is 4.28. The van der Waals surface area contributed by atoms with Crippen molar-refractivity contribution in [2.45, 2.75) is 26.7 Å². The van der Waals surface area contributed by atoms with Gasteiger partial charge in [-0.2, -0.15) is 0 Å². The van der Waals surface area contributed by atoms with Crippen molar-refractivity contribution in [2.24, 2.45) is 0 Å². The van der Waals surface area contributed by atoms with Crippen LogP contribution in [0.25, 0.3) is 0 Å². The molecule has 0 saturated carbocycles. The fourth-order valence-electron chi connectivity index (χ4n) is 2.60. The highest BCUT2D eigenvalue weighted by molar-refractivity contribution is 6.04. The zero-order valence-corrected chi connectivity index (χ0v) is 15.6. The predicted molar refractivity (Wildman–Crippen MR) is 104 cm³/mol. The number of para-hydroxylation sites is 1. The smallest absolute Gasteiger partial charge is 0.253 e. The van der Waals surface area contributed by atoms with E-state index in [1.54, 1.807) is 31.4 Å². The number of carbonyl (C=O) groups is 2. The van der Waals surface area contributed by atoms with Gasteiger partial charge in [0.05, 0.1) is 17.7 Å². The third kappa shape index (κ3) is 5.70. The normalized spacial score (nSPS) is 10.4. The van der Waals surface area contributed by atoms with Crippen LogP contribution in [0.3, 0.4) is 0 Å². The minimum Gasteiger partial charge on any atom is -0.385 e. The highest BCUT2D eigenvalue weighted by Crippen LogP contribution is 2.16. The number of ether oxygens (including phenoxy) is 1. The minimum absolute atomic E-state index is 0.145. The molecule has 0 unspecified atom stereocenters. The largest absolute Gasteiger partial charge is 0.385 e. The van der Waals surface area contributed by atoms with E-state index in [4.69, 9.17) is 4.74 Å². The molecule has 2 amide bonds. The summed E-state index contributed by atoms with van der Waals surface area (Å²) < 4.78 is 4.97. The van der Waals surface area contributed by atoms with Crippen molar-refractivity contribution in [2.75, 3.05) is 25.6 Å². The van der Waals surface area contributed by atoms with Crippen molar-refractivity contribution in [1.82, 2.24) is 5.32 Å². The van der Waals surface area contributed by atoms with Crippen LogP contribution in [0.15, 0.2) is 42.5 Å². The standard InChI is InChI=1S/C21H26N2O3/c1-15-9-10-17(13-16(15)2)14-20(24)23-19-8-5-4-7-18(19)21(25)22-11-6-12-26-3/h4-5,7-10,13H,6,11-12,14H2,1-3H3,(H,22,25)(H,23,24). The Morgan fingerprint density at radius 2 is 1.81 bits per heavy atom. The zero-order chi connectivity index (χ0) is 18.9. The van der Waals surface area contributed by atoms with E-state index in [1.807, 2.05) is 32.0 Å². The second kappa shape index (κ2) is 9.73. The van der Waals surface area contributed by atoms with Crippen LogP contribution in [-0.2, 0) is 16.0 Å². The summed E-state index contributed by atoms with van der Waals surface area (Å²) in [5, 5.41) is 5.69. The Hall–Kier alpha value is -2.66. The second-order valence-electron chi connectivity index (χ2n) is 6.29. The summed E-state index contributed by atoms with van der Waals surface area (Å²) in [6.45, 7) is 5.19. The fourth-order valence-corrected chi connectivity index (χ4v) is 2.60. The summed E-state index contributed by atoms with van der Waals surface area (Å²) in [5.74, 6) is -0.351. The van der Waals surface area contributed by atoms with Gasteiger partial charge in [0.2, 0.25) is 5.91 Å². The molecule has 0 atom stereocenters. The van der Waals surface area contributed by atoms with Crippen LogP contribution in [0.4, 0.5) is 5.69 Å². The molecule has 5 nitrogen and oxygen atoms in total. The fraction of sp³-hybridized carbons (Fsp3) is 0.333. The second-order valence-corrected chi connectivity index (χ2v) is 6.29. The molecule has 5 heteroatoms. The van der Waals surface area contributed by atoms with Gasteiger partial charge >= 0.3 is 0 Å². The van der Waals surface area contributed by atoms with Crippen LogP contribution in [0, 0.1) is 13.8 Å².